The Morgan fingerprint density at radius 3 is 2.04 bits per heavy atom. The Kier molecular flexibility index (Phi) is 6.53. The van der Waals surface area contributed by atoms with Crippen LogP contribution in [-0.2, 0) is 23.9 Å². The summed E-state index contributed by atoms with van der Waals surface area (Å²) in [5.74, 6) is -3.80. The lowest BCUT2D eigenvalue weighted by Gasteiger charge is -2.34. The molecule has 0 spiro atoms. The zero-order valence-electron chi connectivity index (χ0n) is 14.5. The minimum absolute atomic E-state index is 0.169. The van der Waals surface area contributed by atoms with E-state index in [0.717, 1.165) is 10.0 Å². The summed E-state index contributed by atoms with van der Waals surface area (Å²) in [5.41, 5.74) is 1.32. The van der Waals surface area contributed by atoms with Crippen LogP contribution < -0.4 is 0 Å². The lowest BCUT2D eigenvalue weighted by molar-refractivity contribution is -0.155. The second-order valence-electron chi connectivity index (χ2n) is 5.83. The predicted molar refractivity (Wildman–Crippen MR) is 95.9 cm³/mol. The van der Waals surface area contributed by atoms with E-state index < -0.39 is 29.7 Å². The molecule has 134 valence electrons. The molecule has 2 rings (SSSR count). The van der Waals surface area contributed by atoms with Gasteiger partial charge in [-0.2, -0.15) is 0 Å². The van der Waals surface area contributed by atoms with Crippen molar-refractivity contribution in [1.82, 2.24) is 0 Å². The van der Waals surface area contributed by atoms with E-state index in [1.165, 1.54) is 6.08 Å². The monoisotopic (exact) mass is 408 g/mol. The standard InChI is InChI=1S/C19H21BrO5/c1-4-24-18(22)15-11(3)10-14(21)17(19(23)25-5-2)16(15)12-6-8-13(20)9-7-12/h6-10,15-17H,4-5H2,1-3H3. The first-order valence-corrected chi connectivity index (χ1v) is 9.00. The Hall–Kier alpha value is -1.95. The van der Waals surface area contributed by atoms with Gasteiger partial charge in [-0.05, 0) is 44.5 Å². The third-order valence-corrected chi connectivity index (χ3v) is 4.75. The highest BCUT2D eigenvalue weighted by molar-refractivity contribution is 9.10. The number of rotatable bonds is 5. The van der Waals surface area contributed by atoms with Gasteiger partial charge in [0.2, 0.25) is 0 Å². The van der Waals surface area contributed by atoms with E-state index in [4.69, 9.17) is 9.47 Å². The summed E-state index contributed by atoms with van der Waals surface area (Å²) in [6.07, 6.45) is 1.36. The Labute approximate surface area is 155 Å². The average Bonchev–Trinajstić information content (AvgIpc) is 2.55. The molecule has 0 saturated heterocycles. The number of ketones is 1. The number of allylic oxidation sites excluding steroid dienone is 1. The molecule has 0 aliphatic heterocycles. The topological polar surface area (TPSA) is 69.7 Å². The van der Waals surface area contributed by atoms with Crippen LogP contribution >= 0.6 is 15.9 Å². The minimum atomic E-state index is -1.06. The van der Waals surface area contributed by atoms with Crippen molar-refractivity contribution < 1.29 is 23.9 Å². The van der Waals surface area contributed by atoms with Gasteiger partial charge in [-0.25, -0.2) is 0 Å². The summed E-state index contributed by atoms with van der Waals surface area (Å²) in [4.78, 5) is 37.6. The summed E-state index contributed by atoms with van der Waals surface area (Å²) < 4.78 is 11.2. The highest BCUT2D eigenvalue weighted by atomic mass is 79.9. The molecule has 3 unspecified atom stereocenters. The van der Waals surface area contributed by atoms with Crippen LogP contribution in [0.5, 0.6) is 0 Å². The number of benzene rings is 1. The molecule has 0 radical (unpaired) electrons. The molecule has 0 fully saturated rings. The molecule has 5 nitrogen and oxygen atoms in total. The van der Waals surface area contributed by atoms with Gasteiger partial charge in [0.05, 0.1) is 19.1 Å². The van der Waals surface area contributed by atoms with Gasteiger partial charge in [0, 0.05) is 10.4 Å². The van der Waals surface area contributed by atoms with Gasteiger partial charge in [0.25, 0.3) is 0 Å². The minimum Gasteiger partial charge on any atom is -0.466 e. The number of hydrogen-bond acceptors (Lipinski definition) is 5. The first kappa shape index (κ1) is 19.4. The van der Waals surface area contributed by atoms with Gasteiger partial charge < -0.3 is 9.47 Å². The Morgan fingerprint density at radius 1 is 1.00 bits per heavy atom. The third-order valence-electron chi connectivity index (χ3n) is 4.22. The number of carbonyl (C=O) groups is 3. The maximum Gasteiger partial charge on any atom is 0.317 e. The van der Waals surface area contributed by atoms with E-state index in [2.05, 4.69) is 15.9 Å². The molecule has 0 saturated carbocycles. The quantitative estimate of drug-likeness (QED) is 0.551. The number of carbonyl (C=O) groups excluding carboxylic acids is 3. The van der Waals surface area contributed by atoms with Crippen LogP contribution in [0, 0.1) is 11.8 Å². The molecule has 1 aliphatic carbocycles. The molecule has 1 aliphatic rings. The van der Waals surface area contributed by atoms with Crippen LogP contribution in [0.1, 0.15) is 32.3 Å². The van der Waals surface area contributed by atoms with E-state index >= 15 is 0 Å². The molecule has 1 aromatic rings. The third kappa shape index (κ3) is 4.18. The number of esters is 2. The highest BCUT2D eigenvalue weighted by Crippen LogP contribution is 2.42. The summed E-state index contributed by atoms with van der Waals surface area (Å²) in [7, 11) is 0. The van der Waals surface area contributed by atoms with Gasteiger partial charge in [0.1, 0.15) is 5.92 Å². The van der Waals surface area contributed by atoms with Crippen molar-refractivity contribution in [3.63, 3.8) is 0 Å². The van der Waals surface area contributed by atoms with Crippen LogP contribution in [0.4, 0.5) is 0 Å². The zero-order chi connectivity index (χ0) is 18.6. The first-order chi connectivity index (χ1) is 11.9. The molecule has 6 heteroatoms. The van der Waals surface area contributed by atoms with Crippen molar-refractivity contribution >= 4 is 33.7 Å². The van der Waals surface area contributed by atoms with E-state index in [1.54, 1.807) is 32.9 Å². The van der Waals surface area contributed by atoms with Crippen LogP contribution in [0.3, 0.4) is 0 Å². The molecule has 0 heterocycles. The Bertz CT molecular complexity index is 692. The lowest BCUT2D eigenvalue weighted by atomic mass is 9.68. The van der Waals surface area contributed by atoms with Gasteiger partial charge in [-0.1, -0.05) is 33.6 Å². The molecule has 25 heavy (non-hydrogen) atoms. The molecule has 3 atom stereocenters. The van der Waals surface area contributed by atoms with Gasteiger partial charge in [-0.3, -0.25) is 14.4 Å². The van der Waals surface area contributed by atoms with E-state index in [-0.39, 0.29) is 19.0 Å². The zero-order valence-corrected chi connectivity index (χ0v) is 16.0. The fraction of sp³-hybridized carbons (Fsp3) is 0.421. The first-order valence-electron chi connectivity index (χ1n) is 8.21. The predicted octanol–water partition coefficient (Wildman–Crippen LogP) is 3.42. The number of ether oxygens (including phenoxy) is 2. The van der Waals surface area contributed by atoms with Crippen molar-refractivity contribution in [1.29, 1.82) is 0 Å². The maximum absolute atomic E-state index is 12.6. The fourth-order valence-electron chi connectivity index (χ4n) is 3.19. The van der Waals surface area contributed by atoms with Crippen LogP contribution in [-0.4, -0.2) is 30.9 Å². The lowest BCUT2D eigenvalue weighted by Crippen LogP contribution is -2.41. The average molecular weight is 409 g/mol. The van der Waals surface area contributed by atoms with Gasteiger partial charge in [-0.15, -0.1) is 0 Å². The Balaban J connectivity index is 2.56. The Morgan fingerprint density at radius 2 is 1.52 bits per heavy atom. The number of halogens is 1. The maximum atomic E-state index is 12.6. The molecular formula is C19H21BrO5. The number of hydrogen-bond donors (Lipinski definition) is 0. The molecular weight excluding hydrogens is 388 g/mol. The van der Waals surface area contributed by atoms with Crippen LogP contribution in [0.2, 0.25) is 0 Å². The summed E-state index contributed by atoms with van der Waals surface area (Å²) >= 11 is 3.37. The summed E-state index contributed by atoms with van der Waals surface area (Å²) in [5, 5.41) is 0. The molecule has 0 amide bonds. The van der Waals surface area contributed by atoms with Crippen molar-refractivity contribution in [2.24, 2.45) is 11.8 Å². The van der Waals surface area contributed by atoms with Crippen molar-refractivity contribution in [3.05, 3.63) is 46.0 Å². The SMILES string of the molecule is CCOC(=O)C1C(=O)C=C(C)C(C(=O)OCC)C1c1ccc(Br)cc1. The van der Waals surface area contributed by atoms with Crippen LogP contribution in [0.15, 0.2) is 40.4 Å². The smallest absolute Gasteiger partial charge is 0.317 e. The fourth-order valence-corrected chi connectivity index (χ4v) is 3.45. The van der Waals surface area contributed by atoms with Crippen molar-refractivity contribution in [2.75, 3.05) is 13.2 Å². The largest absolute Gasteiger partial charge is 0.466 e. The summed E-state index contributed by atoms with van der Waals surface area (Å²) in [6, 6.07) is 7.24. The second kappa shape index (κ2) is 8.43. The van der Waals surface area contributed by atoms with Crippen molar-refractivity contribution in [3.8, 4) is 0 Å². The highest BCUT2D eigenvalue weighted by Gasteiger charge is 2.47. The summed E-state index contributed by atoms with van der Waals surface area (Å²) in [6.45, 7) is 5.52. The van der Waals surface area contributed by atoms with E-state index in [1.807, 2.05) is 12.1 Å². The van der Waals surface area contributed by atoms with Crippen LogP contribution in [0.25, 0.3) is 0 Å². The molecule has 0 N–H and O–H groups in total. The molecule has 0 aromatic heterocycles. The van der Waals surface area contributed by atoms with Gasteiger partial charge >= 0.3 is 11.9 Å². The molecule has 0 bridgehead atoms. The van der Waals surface area contributed by atoms with E-state index in [9.17, 15) is 14.4 Å². The van der Waals surface area contributed by atoms with E-state index in [0.29, 0.717) is 5.57 Å². The van der Waals surface area contributed by atoms with Crippen molar-refractivity contribution in [2.45, 2.75) is 26.7 Å². The second-order valence-corrected chi connectivity index (χ2v) is 6.74. The normalized spacial score (nSPS) is 23.0. The van der Waals surface area contributed by atoms with Gasteiger partial charge in [0.15, 0.2) is 5.78 Å². The molecule has 1 aromatic carbocycles.